The molecule has 0 aliphatic heterocycles. The average Bonchev–Trinajstić information content (AvgIpc) is 2.33. The van der Waals surface area contributed by atoms with Crippen LogP contribution in [-0.2, 0) is 0 Å². The first-order valence-electron chi connectivity index (χ1n) is 6.06. The van der Waals surface area contributed by atoms with E-state index in [2.05, 4.69) is 13.0 Å². The lowest BCUT2D eigenvalue weighted by molar-refractivity contribution is 0.411. The van der Waals surface area contributed by atoms with Crippen molar-refractivity contribution < 1.29 is 4.74 Å². The molecule has 0 unspecified atom stereocenters. The number of ether oxygens (including phenoxy) is 1. The number of nitrogens with zero attached hydrogens (tertiary/aromatic N) is 2. The fourth-order valence-corrected chi connectivity index (χ4v) is 2.11. The second-order valence-corrected chi connectivity index (χ2v) is 5.22. The molecule has 0 bridgehead atoms. The zero-order valence-corrected chi connectivity index (χ0v) is 12.4. The quantitative estimate of drug-likeness (QED) is 0.820. The van der Waals surface area contributed by atoms with E-state index in [9.17, 15) is 5.26 Å². The molecule has 0 aliphatic carbocycles. The van der Waals surface area contributed by atoms with Crippen molar-refractivity contribution in [3.05, 3.63) is 22.8 Å². The summed E-state index contributed by atoms with van der Waals surface area (Å²) in [4.78, 5) is 2.03. The molecule has 1 aromatic carbocycles. The van der Waals surface area contributed by atoms with Gasteiger partial charge in [0.25, 0.3) is 0 Å². The number of nitriles is 1. The van der Waals surface area contributed by atoms with E-state index in [1.807, 2.05) is 45.7 Å². The SMILES string of the molecule is COc1cc(C)c(N(C)C(C)(C)C#N)c(C)c1C. The van der Waals surface area contributed by atoms with E-state index in [-0.39, 0.29) is 0 Å². The lowest BCUT2D eigenvalue weighted by Gasteiger charge is -2.34. The fraction of sp³-hybridized carbons (Fsp3) is 0.533. The minimum absolute atomic E-state index is 0.531. The Balaban J connectivity index is 3.44. The zero-order valence-electron chi connectivity index (χ0n) is 12.4. The van der Waals surface area contributed by atoms with Crippen molar-refractivity contribution in [3.63, 3.8) is 0 Å². The van der Waals surface area contributed by atoms with Crippen molar-refractivity contribution >= 4 is 5.69 Å². The third kappa shape index (κ3) is 2.28. The topological polar surface area (TPSA) is 36.3 Å². The van der Waals surface area contributed by atoms with Crippen molar-refractivity contribution in [3.8, 4) is 11.8 Å². The van der Waals surface area contributed by atoms with E-state index in [0.717, 1.165) is 28.1 Å². The molecule has 0 atom stereocenters. The largest absolute Gasteiger partial charge is 0.496 e. The van der Waals surface area contributed by atoms with Gasteiger partial charge in [-0.05, 0) is 57.4 Å². The monoisotopic (exact) mass is 246 g/mol. The van der Waals surface area contributed by atoms with Crippen molar-refractivity contribution in [1.29, 1.82) is 5.26 Å². The Morgan fingerprint density at radius 2 is 1.78 bits per heavy atom. The highest BCUT2D eigenvalue weighted by Crippen LogP contribution is 2.35. The second kappa shape index (κ2) is 4.89. The Morgan fingerprint density at radius 3 is 2.22 bits per heavy atom. The van der Waals surface area contributed by atoms with Gasteiger partial charge in [-0.15, -0.1) is 0 Å². The number of anilines is 1. The summed E-state index contributed by atoms with van der Waals surface area (Å²) in [7, 11) is 3.65. The number of hydrogen-bond donors (Lipinski definition) is 0. The van der Waals surface area contributed by atoms with Gasteiger partial charge in [0.2, 0.25) is 0 Å². The maximum absolute atomic E-state index is 9.26. The molecule has 18 heavy (non-hydrogen) atoms. The molecule has 0 radical (unpaired) electrons. The van der Waals surface area contributed by atoms with E-state index in [1.165, 1.54) is 0 Å². The number of hydrogen-bond acceptors (Lipinski definition) is 3. The first-order chi connectivity index (χ1) is 8.26. The van der Waals surface area contributed by atoms with Gasteiger partial charge in [-0.2, -0.15) is 5.26 Å². The van der Waals surface area contributed by atoms with Crippen LogP contribution >= 0.6 is 0 Å². The number of methoxy groups -OCH3 is 1. The van der Waals surface area contributed by atoms with E-state index in [0.29, 0.717) is 0 Å². The van der Waals surface area contributed by atoms with E-state index in [1.54, 1.807) is 7.11 Å². The predicted octanol–water partition coefficient (Wildman–Crippen LogP) is 3.36. The van der Waals surface area contributed by atoms with E-state index >= 15 is 0 Å². The molecular formula is C15H22N2O. The number of rotatable bonds is 3. The van der Waals surface area contributed by atoms with Gasteiger partial charge >= 0.3 is 0 Å². The van der Waals surface area contributed by atoms with E-state index in [4.69, 9.17) is 4.74 Å². The predicted molar refractivity (Wildman–Crippen MR) is 75.3 cm³/mol. The standard InChI is InChI=1S/C15H22N2O/c1-10-8-13(18-7)11(2)12(3)14(10)17(6)15(4,5)9-16/h8H,1-7H3. The van der Waals surface area contributed by atoms with Crippen LogP contribution in [0.4, 0.5) is 5.69 Å². The van der Waals surface area contributed by atoms with Gasteiger partial charge in [0.05, 0.1) is 13.2 Å². The van der Waals surface area contributed by atoms with Gasteiger partial charge in [0.15, 0.2) is 0 Å². The average molecular weight is 246 g/mol. The summed E-state index contributed by atoms with van der Waals surface area (Å²) in [6, 6.07) is 4.37. The van der Waals surface area contributed by atoms with Gasteiger partial charge in [-0.1, -0.05) is 0 Å². The molecule has 0 aliphatic rings. The molecule has 0 fully saturated rings. The first-order valence-corrected chi connectivity index (χ1v) is 6.06. The molecule has 0 aromatic heterocycles. The smallest absolute Gasteiger partial charge is 0.122 e. The summed E-state index contributed by atoms with van der Waals surface area (Å²) in [6.45, 7) is 10.0. The summed E-state index contributed by atoms with van der Waals surface area (Å²) < 4.78 is 5.37. The van der Waals surface area contributed by atoms with Crippen LogP contribution in [0.5, 0.6) is 5.75 Å². The second-order valence-electron chi connectivity index (χ2n) is 5.22. The summed E-state index contributed by atoms with van der Waals surface area (Å²) in [6.07, 6.45) is 0. The maximum Gasteiger partial charge on any atom is 0.122 e. The number of benzene rings is 1. The Kier molecular flexibility index (Phi) is 3.91. The van der Waals surface area contributed by atoms with Crippen LogP contribution in [0.1, 0.15) is 30.5 Å². The van der Waals surface area contributed by atoms with Crippen LogP contribution in [0, 0.1) is 32.1 Å². The van der Waals surface area contributed by atoms with Gasteiger partial charge in [-0.3, -0.25) is 0 Å². The van der Waals surface area contributed by atoms with E-state index < -0.39 is 5.54 Å². The summed E-state index contributed by atoms with van der Waals surface area (Å²) in [5.74, 6) is 0.900. The Morgan fingerprint density at radius 1 is 1.22 bits per heavy atom. The van der Waals surface area contributed by atoms with Gasteiger partial charge < -0.3 is 9.64 Å². The molecule has 0 heterocycles. The summed E-state index contributed by atoms with van der Waals surface area (Å²) in [5.41, 5.74) is 3.99. The third-order valence-electron chi connectivity index (χ3n) is 3.68. The van der Waals surface area contributed by atoms with Crippen molar-refractivity contribution in [2.75, 3.05) is 19.1 Å². The van der Waals surface area contributed by atoms with Crippen LogP contribution < -0.4 is 9.64 Å². The lowest BCUT2D eigenvalue weighted by atomic mass is 9.97. The van der Waals surface area contributed by atoms with Crippen LogP contribution in [0.2, 0.25) is 0 Å². The summed E-state index contributed by atoms with van der Waals surface area (Å²) >= 11 is 0. The van der Waals surface area contributed by atoms with Gasteiger partial charge in [0.1, 0.15) is 11.3 Å². The zero-order chi connectivity index (χ0) is 14.1. The Bertz CT molecular complexity index is 498. The first kappa shape index (κ1) is 14.4. The highest BCUT2D eigenvalue weighted by molar-refractivity contribution is 5.66. The molecule has 0 N–H and O–H groups in total. The highest BCUT2D eigenvalue weighted by atomic mass is 16.5. The van der Waals surface area contributed by atoms with Crippen LogP contribution in [-0.4, -0.2) is 19.7 Å². The van der Waals surface area contributed by atoms with Crippen LogP contribution in [0.25, 0.3) is 0 Å². The molecule has 0 saturated carbocycles. The molecule has 1 aromatic rings. The molecular weight excluding hydrogens is 224 g/mol. The van der Waals surface area contributed by atoms with Crippen molar-refractivity contribution in [2.24, 2.45) is 0 Å². The highest BCUT2D eigenvalue weighted by Gasteiger charge is 2.26. The molecule has 0 amide bonds. The minimum atomic E-state index is -0.531. The fourth-order valence-electron chi connectivity index (χ4n) is 2.11. The molecule has 1 rings (SSSR count). The maximum atomic E-state index is 9.26. The molecule has 0 saturated heterocycles. The summed E-state index contributed by atoms with van der Waals surface area (Å²) in [5, 5.41) is 9.26. The van der Waals surface area contributed by atoms with Crippen LogP contribution in [0.3, 0.4) is 0 Å². The normalized spacial score (nSPS) is 11.0. The minimum Gasteiger partial charge on any atom is -0.496 e. The van der Waals surface area contributed by atoms with Crippen molar-refractivity contribution in [2.45, 2.75) is 40.2 Å². The number of aryl methyl sites for hydroxylation is 1. The Hall–Kier alpha value is -1.69. The molecule has 3 heteroatoms. The Labute approximate surface area is 110 Å². The van der Waals surface area contributed by atoms with Gasteiger partial charge in [-0.25, -0.2) is 0 Å². The lowest BCUT2D eigenvalue weighted by Crippen LogP contribution is -2.40. The molecule has 0 spiro atoms. The third-order valence-corrected chi connectivity index (χ3v) is 3.68. The van der Waals surface area contributed by atoms with Gasteiger partial charge in [0, 0.05) is 12.7 Å². The van der Waals surface area contributed by atoms with Crippen molar-refractivity contribution in [1.82, 2.24) is 0 Å². The van der Waals surface area contributed by atoms with Crippen LogP contribution in [0.15, 0.2) is 6.07 Å². The molecule has 98 valence electrons. The molecule has 3 nitrogen and oxygen atoms in total.